The Labute approximate surface area is 80.7 Å². The number of aromatic nitrogens is 2. The molecule has 1 N–H and O–H groups in total. The van der Waals surface area contributed by atoms with Gasteiger partial charge in [-0.05, 0) is 6.92 Å². The number of halogens is 1. The van der Waals surface area contributed by atoms with Crippen LogP contribution in [-0.2, 0) is 0 Å². The van der Waals surface area contributed by atoms with Gasteiger partial charge in [0.1, 0.15) is 11.4 Å². The molecule has 2 rings (SSSR count). The minimum Gasteiger partial charge on any atom is -0.495 e. The van der Waals surface area contributed by atoms with Gasteiger partial charge in [-0.1, -0.05) is 11.6 Å². The summed E-state index contributed by atoms with van der Waals surface area (Å²) < 4.78 is 5.14. The Morgan fingerprint density at radius 1 is 1.54 bits per heavy atom. The molecule has 0 amide bonds. The topological polar surface area (TPSA) is 37.9 Å². The Hall–Kier alpha value is -1.22. The average Bonchev–Trinajstić information content (AvgIpc) is 2.49. The van der Waals surface area contributed by atoms with Crippen LogP contribution in [0.1, 0.15) is 5.56 Å². The van der Waals surface area contributed by atoms with Crippen LogP contribution in [0.3, 0.4) is 0 Å². The van der Waals surface area contributed by atoms with Gasteiger partial charge in [-0.15, -0.1) is 0 Å². The number of hydrogen-bond acceptors (Lipinski definition) is 2. The number of aromatic amines is 1. The van der Waals surface area contributed by atoms with E-state index in [1.165, 1.54) is 0 Å². The van der Waals surface area contributed by atoms with Crippen LogP contribution in [0.25, 0.3) is 11.0 Å². The van der Waals surface area contributed by atoms with E-state index in [-0.39, 0.29) is 0 Å². The summed E-state index contributed by atoms with van der Waals surface area (Å²) in [5.41, 5.74) is 1.81. The number of nitrogens with one attached hydrogen (secondary N) is 1. The molecule has 0 bridgehead atoms. The van der Waals surface area contributed by atoms with Crippen LogP contribution in [0.2, 0.25) is 5.02 Å². The quantitative estimate of drug-likeness (QED) is 0.761. The molecule has 0 radical (unpaired) electrons. The number of hydrogen-bond donors (Lipinski definition) is 1. The normalized spacial score (nSPS) is 10.7. The second-order valence-corrected chi connectivity index (χ2v) is 3.22. The summed E-state index contributed by atoms with van der Waals surface area (Å²) in [6.07, 6.45) is 3.41. The van der Waals surface area contributed by atoms with Crippen molar-refractivity contribution in [1.82, 2.24) is 9.97 Å². The Kier molecular flexibility index (Phi) is 1.88. The van der Waals surface area contributed by atoms with Crippen molar-refractivity contribution in [3.05, 3.63) is 23.0 Å². The maximum absolute atomic E-state index is 5.98. The molecule has 0 saturated heterocycles. The van der Waals surface area contributed by atoms with Gasteiger partial charge in [0.25, 0.3) is 0 Å². The van der Waals surface area contributed by atoms with Crippen molar-refractivity contribution in [2.75, 3.05) is 7.11 Å². The highest BCUT2D eigenvalue weighted by Gasteiger charge is 2.09. The molecule has 4 heteroatoms. The summed E-state index contributed by atoms with van der Waals surface area (Å²) in [7, 11) is 1.62. The van der Waals surface area contributed by atoms with E-state index in [0.29, 0.717) is 5.02 Å². The molecule has 2 aromatic rings. The van der Waals surface area contributed by atoms with Gasteiger partial charge >= 0.3 is 0 Å². The molecular formula is C9H9ClN2O. The summed E-state index contributed by atoms with van der Waals surface area (Å²) in [5, 5.41) is 1.61. The lowest BCUT2D eigenvalue weighted by atomic mass is 10.2. The monoisotopic (exact) mass is 196 g/mol. The van der Waals surface area contributed by atoms with Gasteiger partial charge in [-0.25, -0.2) is 4.98 Å². The van der Waals surface area contributed by atoms with Crippen LogP contribution in [-0.4, -0.2) is 17.1 Å². The highest BCUT2D eigenvalue weighted by Crippen LogP contribution is 2.30. The van der Waals surface area contributed by atoms with Crippen LogP contribution >= 0.6 is 11.6 Å². The standard InChI is InChI=1S/C9H9ClN2O/c1-5-7(13-2)4-12-9-8(5)6(10)3-11-9/h3-4H,1-2H3,(H,11,12). The molecule has 0 aliphatic carbocycles. The number of fused-ring (bicyclic) bond motifs is 1. The zero-order valence-corrected chi connectivity index (χ0v) is 8.14. The second kappa shape index (κ2) is 2.92. The molecule has 0 aromatic carbocycles. The Bertz CT molecular complexity index is 450. The van der Waals surface area contributed by atoms with Gasteiger partial charge in [-0.3, -0.25) is 0 Å². The van der Waals surface area contributed by atoms with E-state index in [0.717, 1.165) is 22.3 Å². The number of rotatable bonds is 1. The predicted molar refractivity (Wildman–Crippen MR) is 52.4 cm³/mol. The molecule has 0 saturated carbocycles. The molecule has 13 heavy (non-hydrogen) atoms. The summed E-state index contributed by atoms with van der Waals surface area (Å²) in [4.78, 5) is 7.15. The molecule has 68 valence electrons. The van der Waals surface area contributed by atoms with E-state index < -0.39 is 0 Å². The number of aryl methyl sites for hydroxylation is 1. The first-order valence-corrected chi connectivity index (χ1v) is 4.28. The van der Waals surface area contributed by atoms with Gasteiger partial charge in [0.05, 0.1) is 18.3 Å². The smallest absolute Gasteiger partial charge is 0.140 e. The van der Waals surface area contributed by atoms with Crippen LogP contribution < -0.4 is 4.74 Å². The maximum atomic E-state index is 5.98. The molecule has 0 atom stereocenters. The van der Waals surface area contributed by atoms with E-state index in [4.69, 9.17) is 16.3 Å². The molecule has 0 fully saturated rings. The summed E-state index contributed by atoms with van der Waals surface area (Å²) >= 11 is 5.98. The van der Waals surface area contributed by atoms with Crippen LogP contribution in [0.4, 0.5) is 0 Å². The Morgan fingerprint density at radius 2 is 2.31 bits per heavy atom. The number of methoxy groups -OCH3 is 1. The van der Waals surface area contributed by atoms with Gasteiger partial charge < -0.3 is 9.72 Å². The predicted octanol–water partition coefficient (Wildman–Crippen LogP) is 2.53. The maximum Gasteiger partial charge on any atom is 0.140 e. The van der Waals surface area contributed by atoms with E-state index in [9.17, 15) is 0 Å². The van der Waals surface area contributed by atoms with Crippen molar-refractivity contribution in [3.63, 3.8) is 0 Å². The number of H-pyrrole nitrogens is 1. The Balaban J connectivity index is 2.83. The summed E-state index contributed by atoms with van der Waals surface area (Å²) in [6.45, 7) is 1.96. The SMILES string of the molecule is COc1cnc2[nH]cc(Cl)c2c1C. The first-order valence-electron chi connectivity index (χ1n) is 3.90. The van der Waals surface area contributed by atoms with E-state index in [2.05, 4.69) is 9.97 Å². The largest absolute Gasteiger partial charge is 0.495 e. The van der Waals surface area contributed by atoms with Crippen LogP contribution in [0.15, 0.2) is 12.4 Å². The van der Waals surface area contributed by atoms with E-state index >= 15 is 0 Å². The average molecular weight is 197 g/mol. The van der Waals surface area contributed by atoms with Crippen molar-refractivity contribution in [1.29, 1.82) is 0 Å². The van der Waals surface area contributed by atoms with Gasteiger partial charge in [0.15, 0.2) is 0 Å². The third-order valence-electron chi connectivity index (χ3n) is 2.09. The number of pyridine rings is 1. The third-order valence-corrected chi connectivity index (χ3v) is 2.38. The van der Waals surface area contributed by atoms with Crippen LogP contribution in [0.5, 0.6) is 5.75 Å². The lowest BCUT2D eigenvalue weighted by Gasteiger charge is -2.04. The van der Waals surface area contributed by atoms with Crippen molar-refractivity contribution in [2.45, 2.75) is 6.92 Å². The number of ether oxygens (including phenoxy) is 1. The highest BCUT2D eigenvalue weighted by molar-refractivity contribution is 6.35. The first-order chi connectivity index (χ1) is 6.24. The molecule has 0 unspecified atom stereocenters. The molecule has 2 aromatic heterocycles. The number of nitrogens with zero attached hydrogens (tertiary/aromatic N) is 1. The minimum absolute atomic E-state index is 0.680. The van der Waals surface area contributed by atoms with Gasteiger partial charge in [-0.2, -0.15) is 0 Å². The summed E-state index contributed by atoms with van der Waals surface area (Å²) in [6, 6.07) is 0. The highest BCUT2D eigenvalue weighted by atomic mass is 35.5. The van der Waals surface area contributed by atoms with Crippen LogP contribution in [0, 0.1) is 6.92 Å². The zero-order valence-electron chi connectivity index (χ0n) is 7.39. The fourth-order valence-electron chi connectivity index (χ4n) is 1.40. The molecule has 2 heterocycles. The van der Waals surface area contributed by atoms with Gasteiger partial charge in [0.2, 0.25) is 0 Å². The fourth-order valence-corrected chi connectivity index (χ4v) is 1.68. The van der Waals surface area contributed by atoms with E-state index in [1.807, 2.05) is 6.92 Å². The second-order valence-electron chi connectivity index (χ2n) is 2.81. The first kappa shape index (κ1) is 8.38. The molecule has 0 aliphatic heterocycles. The van der Waals surface area contributed by atoms with Crippen molar-refractivity contribution < 1.29 is 4.74 Å². The lowest BCUT2D eigenvalue weighted by molar-refractivity contribution is 0.411. The molecule has 0 aliphatic rings. The lowest BCUT2D eigenvalue weighted by Crippen LogP contribution is -1.89. The zero-order chi connectivity index (χ0) is 9.42. The van der Waals surface area contributed by atoms with Gasteiger partial charge in [0, 0.05) is 17.1 Å². The fraction of sp³-hybridized carbons (Fsp3) is 0.222. The molecule has 3 nitrogen and oxygen atoms in total. The molecular weight excluding hydrogens is 188 g/mol. The van der Waals surface area contributed by atoms with E-state index in [1.54, 1.807) is 19.5 Å². The molecule has 0 spiro atoms. The van der Waals surface area contributed by atoms with Crippen molar-refractivity contribution >= 4 is 22.6 Å². The van der Waals surface area contributed by atoms with Crippen molar-refractivity contribution in [3.8, 4) is 5.75 Å². The third kappa shape index (κ3) is 1.16. The van der Waals surface area contributed by atoms with Crippen molar-refractivity contribution in [2.24, 2.45) is 0 Å². The Morgan fingerprint density at radius 3 is 3.00 bits per heavy atom. The minimum atomic E-state index is 0.680. The summed E-state index contributed by atoms with van der Waals surface area (Å²) in [5.74, 6) is 0.758.